The van der Waals surface area contributed by atoms with Crippen LogP contribution in [0.5, 0.6) is 0 Å². The number of nitrogens with zero attached hydrogens (tertiary/aromatic N) is 1. The van der Waals surface area contributed by atoms with Crippen molar-refractivity contribution >= 4 is 21.6 Å². The highest BCUT2D eigenvalue weighted by molar-refractivity contribution is 7.16. The molecular formula is C12H13NS. The van der Waals surface area contributed by atoms with Crippen LogP contribution in [0.15, 0.2) is 17.5 Å². The lowest BCUT2D eigenvalue weighted by Gasteiger charge is -2.03. The largest absolute Gasteiger partial charge is 0.242 e. The second-order valence-electron chi connectivity index (χ2n) is 3.97. The first-order valence-electron chi connectivity index (χ1n) is 5.29. The maximum Gasteiger partial charge on any atom is 0.123 e. The molecule has 0 saturated carbocycles. The molecule has 1 nitrogen and oxygen atoms in total. The van der Waals surface area contributed by atoms with Crippen LogP contribution in [0.3, 0.4) is 0 Å². The number of thiophene rings is 1. The topological polar surface area (TPSA) is 12.9 Å². The van der Waals surface area contributed by atoms with Gasteiger partial charge >= 0.3 is 0 Å². The van der Waals surface area contributed by atoms with Crippen molar-refractivity contribution in [1.29, 1.82) is 0 Å². The average Bonchev–Trinajstić information content (AvgIpc) is 2.51. The fourth-order valence-corrected chi connectivity index (χ4v) is 2.96. The molecule has 0 atom stereocenters. The molecule has 1 aliphatic carbocycles. The van der Waals surface area contributed by atoms with Crippen LogP contribution in [0.1, 0.15) is 30.5 Å². The van der Waals surface area contributed by atoms with Crippen molar-refractivity contribution in [2.24, 2.45) is 0 Å². The number of pyridine rings is 1. The molecule has 2 heterocycles. The number of hydrogen-bond acceptors (Lipinski definition) is 2. The highest BCUT2D eigenvalue weighted by atomic mass is 32.1. The van der Waals surface area contributed by atoms with E-state index in [2.05, 4.69) is 17.5 Å². The summed E-state index contributed by atoms with van der Waals surface area (Å²) in [5, 5.41) is 3.47. The van der Waals surface area contributed by atoms with Gasteiger partial charge in [0, 0.05) is 11.1 Å². The van der Waals surface area contributed by atoms with Gasteiger partial charge in [-0.25, -0.2) is 4.98 Å². The molecule has 0 radical (unpaired) electrons. The van der Waals surface area contributed by atoms with Crippen molar-refractivity contribution < 1.29 is 0 Å². The van der Waals surface area contributed by atoms with Crippen LogP contribution < -0.4 is 0 Å². The van der Waals surface area contributed by atoms with Crippen molar-refractivity contribution in [1.82, 2.24) is 4.98 Å². The van der Waals surface area contributed by atoms with Gasteiger partial charge in [0.15, 0.2) is 0 Å². The number of hydrogen-bond donors (Lipinski definition) is 0. The molecule has 0 amide bonds. The molecule has 1 aliphatic rings. The van der Waals surface area contributed by atoms with Crippen LogP contribution in [-0.2, 0) is 12.8 Å². The Labute approximate surface area is 87.8 Å². The third kappa shape index (κ3) is 1.34. The second-order valence-corrected chi connectivity index (χ2v) is 4.86. The van der Waals surface area contributed by atoms with E-state index < -0.39 is 0 Å². The normalized spacial score (nSPS) is 16.6. The maximum atomic E-state index is 4.75. The summed E-state index contributed by atoms with van der Waals surface area (Å²) in [7, 11) is 0. The van der Waals surface area contributed by atoms with E-state index in [0.29, 0.717) is 0 Å². The van der Waals surface area contributed by atoms with Crippen molar-refractivity contribution in [3.8, 4) is 0 Å². The summed E-state index contributed by atoms with van der Waals surface area (Å²) in [5.74, 6) is 0. The Morgan fingerprint density at radius 1 is 1.14 bits per heavy atom. The van der Waals surface area contributed by atoms with Gasteiger partial charge in [0.1, 0.15) is 4.83 Å². The molecule has 0 bridgehead atoms. The third-order valence-electron chi connectivity index (χ3n) is 2.97. The Morgan fingerprint density at radius 2 is 2.07 bits per heavy atom. The highest BCUT2D eigenvalue weighted by Crippen LogP contribution is 2.25. The zero-order valence-electron chi connectivity index (χ0n) is 8.12. The average molecular weight is 203 g/mol. The van der Waals surface area contributed by atoms with E-state index in [9.17, 15) is 0 Å². The van der Waals surface area contributed by atoms with E-state index >= 15 is 0 Å². The van der Waals surface area contributed by atoms with Crippen LogP contribution in [0.25, 0.3) is 10.2 Å². The van der Waals surface area contributed by atoms with E-state index in [1.54, 1.807) is 11.3 Å². The Hall–Kier alpha value is -0.890. The molecule has 0 unspecified atom stereocenters. The lowest BCUT2D eigenvalue weighted by molar-refractivity contribution is 0.709. The lowest BCUT2D eigenvalue weighted by Crippen LogP contribution is -1.94. The van der Waals surface area contributed by atoms with Crippen LogP contribution in [-0.4, -0.2) is 4.98 Å². The van der Waals surface area contributed by atoms with Crippen LogP contribution in [0.4, 0.5) is 0 Å². The summed E-state index contributed by atoms with van der Waals surface area (Å²) in [6, 6.07) is 4.53. The van der Waals surface area contributed by atoms with Gasteiger partial charge in [-0.05, 0) is 48.8 Å². The smallest absolute Gasteiger partial charge is 0.123 e. The van der Waals surface area contributed by atoms with Gasteiger partial charge in [-0.15, -0.1) is 11.3 Å². The molecule has 0 aliphatic heterocycles. The standard InChI is InChI=1S/C12H13NS/c1-2-4-9-8-10-6-7-14-12(10)13-11(9)5-3-1/h6-8H,1-5H2. The van der Waals surface area contributed by atoms with Crippen LogP contribution in [0, 0.1) is 0 Å². The molecule has 3 rings (SSSR count). The molecule has 0 spiro atoms. The Kier molecular flexibility index (Phi) is 2.02. The first-order chi connectivity index (χ1) is 6.93. The number of aryl methyl sites for hydroxylation is 2. The van der Waals surface area contributed by atoms with Crippen LogP contribution in [0.2, 0.25) is 0 Å². The zero-order chi connectivity index (χ0) is 9.38. The minimum Gasteiger partial charge on any atom is -0.242 e. The summed E-state index contributed by atoms with van der Waals surface area (Å²) in [5.41, 5.74) is 2.85. The van der Waals surface area contributed by atoms with Crippen molar-refractivity contribution in [2.75, 3.05) is 0 Å². The monoisotopic (exact) mass is 203 g/mol. The van der Waals surface area contributed by atoms with E-state index in [1.165, 1.54) is 53.6 Å². The molecule has 2 aromatic heterocycles. The number of aromatic nitrogens is 1. The van der Waals surface area contributed by atoms with Gasteiger partial charge < -0.3 is 0 Å². The van der Waals surface area contributed by atoms with Crippen molar-refractivity contribution in [2.45, 2.75) is 32.1 Å². The van der Waals surface area contributed by atoms with Gasteiger partial charge in [0.2, 0.25) is 0 Å². The van der Waals surface area contributed by atoms with E-state index in [4.69, 9.17) is 4.98 Å². The minimum absolute atomic E-state index is 1.18. The van der Waals surface area contributed by atoms with Gasteiger partial charge in [-0.2, -0.15) is 0 Å². The third-order valence-corrected chi connectivity index (χ3v) is 3.79. The summed E-state index contributed by atoms with van der Waals surface area (Å²) < 4.78 is 0. The minimum atomic E-state index is 1.18. The van der Waals surface area contributed by atoms with Crippen molar-refractivity contribution in [3.05, 3.63) is 28.8 Å². The first kappa shape index (κ1) is 8.42. The summed E-state index contributed by atoms with van der Waals surface area (Å²) in [6.45, 7) is 0. The van der Waals surface area contributed by atoms with Gasteiger partial charge in [-0.3, -0.25) is 0 Å². The highest BCUT2D eigenvalue weighted by Gasteiger charge is 2.10. The maximum absolute atomic E-state index is 4.75. The fraction of sp³-hybridized carbons (Fsp3) is 0.417. The van der Waals surface area contributed by atoms with E-state index in [-0.39, 0.29) is 0 Å². The molecule has 0 aromatic carbocycles. The van der Waals surface area contributed by atoms with Crippen LogP contribution >= 0.6 is 11.3 Å². The molecule has 0 saturated heterocycles. The molecule has 0 N–H and O–H groups in total. The molecular weight excluding hydrogens is 190 g/mol. The quantitative estimate of drug-likeness (QED) is 0.596. The Bertz CT molecular complexity index is 418. The predicted molar refractivity (Wildman–Crippen MR) is 60.9 cm³/mol. The molecule has 72 valence electrons. The second kappa shape index (κ2) is 3.35. The summed E-state index contributed by atoms with van der Waals surface area (Å²) in [4.78, 5) is 5.97. The SMILES string of the molecule is c1cc2cc3c(nc2s1)CCCCC3. The van der Waals surface area contributed by atoms with Gasteiger partial charge in [0.05, 0.1) is 0 Å². The Morgan fingerprint density at radius 3 is 3.07 bits per heavy atom. The van der Waals surface area contributed by atoms with Crippen molar-refractivity contribution in [3.63, 3.8) is 0 Å². The molecule has 2 aromatic rings. The number of rotatable bonds is 0. The molecule has 2 heteroatoms. The lowest BCUT2D eigenvalue weighted by atomic mass is 10.1. The first-order valence-corrected chi connectivity index (χ1v) is 6.17. The fourth-order valence-electron chi connectivity index (χ4n) is 2.19. The van der Waals surface area contributed by atoms with E-state index in [1.807, 2.05) is 0 Å². The van der Waals surface area contributed by atoms with E-state index in [0.717, 1.165) is 0 Å². The summed E-state index contributed by atoms with van der Waals surface area (Å²) in [6.07, 6.45) is 6.43. The predicted octanol–water partition coefficient (Wildman–Crippen LogP) is 3.57. The zero-order valence-corrected chi connectivity index (χ0v) is 8.94. The summed E-state index contributed by atoms with van der Waals surface area (Å²) >= 11 is 1.76. The molecule has 14 heavy (non-hydrogen) atoms. The molecule has 0 fully saturated rings. The Balaban J connectivity index is 2.19. The number of fused-ring (bicyclic) bond motifs is 2. The van der Waals surface area contributed by atoms with Gasteiger partial charge in [0.25, 0.3) is 0 Å². The van der Waals surface area contributed by atoms with Gasteiger partial charge in [-0.1, -0.05) is 6.42 Å².